The molecule has 1 aliphatic rings. The second kappa shape index (κ2) is 12.7. The molecule has 1 N–H and O–H groups in total. The first kappa shape index (κ1) is 24.3. The molecule has 3 atom stereocenters. The fourth-order valence-corrected chi connectivity index (χ4v) is 5.04. The Morgan fingerprint density at radius 1 is 1.21 bits per heavy atom. The molecule has 2 nitrogen and oxygen atoms in total. The van der Waals surface area contributed by atoms with Crippen LogP contribution in [0.2, 0.25) is 0 Å². The van der Waals surface area contributed by atoms with E-state index in [-0.39, 0.29) is 44.2 Å². The van der Waals surface area contributed by atoms with Crippen molar-refractivity contribution in [3.8, 4) is 0 Å². The first-order chi connectivity index (χ1) is 13.2. The van der Waals surface area contributed by atoms with Gasteiger partial charge in [-0.15, -0.1) is 21.9 Å². The SMILES string of the molecule is CCCCCC(O)c1ccc(N2CCC(Cl)C2CCCc2cc[c-]s2)cc1.[Y]. The standard InChI is InChI=1S/C23H31ClNOS.Y/c1-2-3-4-10-23(26)18-11-13-19(14-12-18)25-16-15-21(24)22(25)9-5-7-20-8-6-17-27-20;/h6,8,11-14,21-23,26H,2-5,7,9-10,15-16H2,1H3;/q-1;. The molecule has 1 fully saturated rings. The molecule has 0 spiro atoms. The van der Waals surface area contributed by atoms with Crippen LogP contribution in [0.4, 0.5) is 5.69 Å². The molecule has 3 rings (SSSR count). The van der Waals surface area contributed by atoms with Crippen LogP contribution in [0, 0.1) is 5.38 Å². The monoisotopic (exact) mass is 493 g/mol. The number of nitrogens with zero attached hydrogens (tertiary/aromatic N) is 1. The summed E-state index contributed by atoms with van der Waals surface area (Å²) in [4.78, 5) is 3.87. The Morgan fingerprint density at radius 2 is 2.00 bits per heavy atom. The quantitative estimate of drug-likeness (QED) is 0.236. The van der Waals surface area contributed by atoms with Crippen LogP contribution in [0.15, 0.2) is 36.4 Å². The van der Waals surface area contributed by atoms with Gasteiger partial charge in [0, 0.05) is 51.0 Å². The van der Waals surface area contributed by atoms with E-state index in [4.69, 9.17) is 11.6 Å². The second-order valence-electron chi connectivity index (χ2n) is 7.58. The maximum atomic E-state index is 10.4. The minimum Gasteiger partial charge on any atom is -0.388 e. The van der Waals surface area contributed by atoms with Crippen LogP contribution >= 0.6 is 22.9 Å². The number of alkyl halides is 1. The molecule has 1 saturated heterocycles. The number of aliphatic hydroxyl groups excluding tert-OH is 1. The summed E-state index contributed by atoms with van der Waals surface area (Å²) >= 11 is 8.37. The fourth-order valence-electron chi connectivity index (χ4n) is 4.01. The molecule has 1 radical (unpaired) electrons. The number of rotatable bonds is 10. The normalized spacial score (nSPS) is 20.2. The summed E-state index contributed by atoms with van der Waals surface area (Å²) in [5.41, 5.74) is 2.26. The van der Waals surface area contributed by atoms with E-state index in [0.29, 0.717) is 6.04 Å². The van der Waals surface area contributed by atoms with Gasteiger partial charge >= 0.3 is 0 Å². The first-order valence-electron chi connectivity index (χ1n) is 10.3. The molecule has 3 unspecified atom stereocenters. The van der Waals surface area contributed by atoms with Crippen molar-refractivity contribution in [1.82, 2.24) is 0 Å². The molecule has 1 aliphatic heterocycles. The van der Waals surface area contributed by atoms with Crippen LogP contribution in [0.25, 0.3) is 0 Å². The summed E-state index contributed by atoms with van der Waals surface area (Å²) in [6.07, 6.45) is 8.40. The zero-order valence-corrected chi connectivity index (χ0v) is 21.2. The Morgan fingerprint density at radius 3 is 2.68 bits per heavy atom. The van der Waals surface area contributed by atoms with E-state index in [1.165, 1.54) is 23.4 Å². The minimum atomic E-state index is -0.344. The van der Waals surface area contributed by atoms with Gasteiger partial charge in [-0.05, 0) is 37.0 Å². The van der Waals surface area contributed by atoms with Crippen molar-refractivity contribution in [2.75, 3.05) is 11.4 Å². The third kappa shape index (κ3) is 6.81. The molecular weight excluding hydrogens is 463 g/mol. The Bertz CT molecular complexity index is 664. The van der Waals surface area contributed by atoms with Gasteiger partial charge in [0.25, 0.3) is 0 Å². The smallest absolute Gasteiger partial charge is 0.0790 e. The van der Waals surface area contributed by atoms with Gasteiger partial charge in [-0.3, -0.25) is 0 Å². The van der Waals surface area contributed by atoms with E-state index in [1.807, 2.05) is 6.07 Å². The summed E-state index contributed by atoms with van der Waals surface area (Å²) in [7, 11) is 0. The molecule has 2 heterocycles. The molecule has 0 bridgehead atoms. The van der Waals surface area contributed by atoms with E-state index in [9.17, 15) is 5.11 Å². The predicted octanol–water partition coefficient (Wildman–Crippen LogP) is 6.37. The van der Waals surface area contributed by atoms with Crippen LogP contribution < -0.4 is 4.90 Å². The summed E-state index contributed by atoms with van der Waals surface area (Å²) in [5.74, 6) is 0. The molecule has 0 amide bonds. The minimum absolute atomic E-state index is 0. The number of anilines is 1. The number of unbranched alkanes of at least 4 members (excludes halogenated alkanes) is 2. The van der Waals surface area contributed by atoms with E-state index >= 15 is 0 Å². The zero-order chi connectivity index (χ0) is 19.1. The Kier molecular flexibility index (Phi) is 11.0. The van der Waals surface area contributed by atoms with Crippen molar-refractivity contribution < 1.29 is 37.8 Å². The second-order valence-corrected chi connectivity index (χ2v) is 9.11. The van der Waals surface area contributed by atoms with Crippen molar-refractivity contribution in [3.63, 3.8) is 0 Å². The van der Waals surface area contributed by atoms with Crippen LogP contribution in [-0.2, 0) is 39.1 Å². The predicted molar refractivity (Wildman–Crippen MR) is 117 cm³/mol. The average molecular weight is 494 g/mol. The summed E-state index contributed by atoms with van der Waals surface area (Å²) in [6, 6.07) is 13.1. The summed E-state index contributed by atoms with van der Waals surface area (Å²) in [6.45, 7) is 3.21. The largest absolute Gasteiger partial charge is 0.388 e. The summed E-state index contributed by atoms with van der Waals surface area (Å²) < 4.78 is 0. The first-order valence-corrected chi connectivity index (χ1v) is 11.6. The molecule has 1 aromatic carbocycles. The van der Waals surface area contributed by atoms with Crippen molar-refractivity contribution in [2.45, 2.75) is 75.8 Å². The van der Waals surface area contributed by atoms with Crippen molar-refractivity contribution in [3.05, 3.63) is 52.2 Å². The van der Waals surface area contributed by atoms with Crippen molar-refractivity contribution in [1.29, 1.82) is 0 Å². The van der Waals surface area contributed by atoms with Crippen molar-refractivity contribution >= 4 is 28.6 Å². The Labute approximate surface area is 204 Å². The number of aliphatic hydroxyl groups is 1. The van der Waals surface area contributed by atoms with Crippen LogP contribution in [-0.4, -0.2) is 23.1 Å². The third-order valence-electron chi connectivity index (χ3n) is 5.60. The molecule has 0 saturated carbocycles. The number of thiophene rings is 1. The molecule has 28 heavy (non-hydrogen) atoms. The Balaban J connectivity index is 0.00000280. The van der Waals surface area contributed by atoms with Gasteiger partial charge in [-0.25, -0.2) is 6.07 Å². The number of hydrogen-bond donors (Lipinski definition) is 1. The van der Waals surface area contributed by atoms with Gasteiger partial charge in [-0.1, -0.05) is 51.2 Å². The number of benzene rings is 1. The van der Waals surface area contributed by atoms with Crippen molar-refractivity contribution in [2.24, 2.45) is 0 Å². The molecule has 2 aromatic rings. The van der Waals surface area contributed by atoms with Gasteiger partial charge in [0.1, 0.15) is 0 Å². The van der Waals surface area contributed by atoms with E-state index < -0.39 is 0 Å². The van der Waals surface area contributed by atoms with Gasteiger partial charge in [0.2, 0.25) is 0 Å². The number of halogens is 1. The van der Waals surface area contributed by atoms with Crippen LogP contribution in [0.5, 0.6) is 0 Å². The van der Waals surface area contributed by atoms with Crippen LogP contribution in [0.3, 0.4) is 0 Å². The average Bonchev–Trinajstić information content (AvgIpc) is 3.32. The molecule has 5 heteroatoms. The Hall–Kier alpha value is 0.0739. The topological polar surface area (TPSA) is 23.5 Å². The van der Waals surface area contributed by atoms with Crippen LogP contribution in [0.1, 0.15) is 68.4 Å². The van der Waals surface area contributed by atoms with E-state index in [2.05, 4.69) is 47.5 Å². The van der Waals surface area contributed by atoms with Gasteiger partial charge in [0.05, 0.1) is 11.5 Å². The summed E-state index contributed by atoms with van der Waals surface area (Å²) in [5, 5.41) is 13.8. The molecule has 0 aliphatic carbocycles. The third-order valence-corrected chi connectivity index (χ3v) is 6.97. The molecular formula is C23H31ClNOSY-. The fraction of sp³-hybridized carbons (Fsp3) is 0.565. The van der Waals surface area contributed by atoms with E-state index in [0.717, 1.165) is 50.6 Å². The number of hydrogen-bond acceptors (Lipinski definition) is 3. The maximum Gasteiger partial charge on any atom is 0.0790 e. The number of aryl methyl sites for hydroxylation is 1. The molecule has 151 valence electrons. The van der Waals surface area contributed by atoms with Gasteiger partial charge in [-0.2, -0.15) is 6.07 Å². The van der Waals surface area contributed by atoms with Gasteiger partial charge in [0.15, 0.2) is 0 Å². The van der Waals surface area contributed by atoms with Gasteiger partial charge < -0.3 is 21.3 Å². The zero-order valence-electron chi connectivity index (χ0n) is 16.8. The maximum absolute atomic E-state index is 10.4. The molecule has 1 aromatic heterocycles. The van der Waals surface area contributed by atoms with E-state index in [1.54, 1.807) is 11.3 Å².